The van der Waals surface area contributed by atoms with E-state index in [0.29, 0.717) is 0 Å². The van der Waals surface area contributed by atoms with E-state index in [4.69, 9.17) is 15.0 Å². The summed E-state index contributed by atoms with van der Waals surface area (Å²) in [6.07, 6.45) is -2.47. The summed E-state index contributed by atoms with van der Waals surface area (Å²) < 4.78 is 11.4. The third-order valence-corrected chi connectivity index (χ3v) is 3.65. The van der Waals surface area contributed by atoms with Crippen LogP contribution in [0.5, 0.6) is 0 Å². The number of nitrogens with one attached hydrogen (secondary N) is 1. The monoisotopic (exact) mass is 320 g/mol. The molecule has 0 radical (unpaired) electrons. The molecule has 2 N–H and O–H groups in total. The number of aliphatic hydroxyl groups is 1. The molecule has 1 saturated heterocycles. The number of aliphatic hydroxyl groups excluding tert-OH is 1. The predicted molar refractivity (Wildman–Crippen MR) is 82.1 cm³/mol. The minimum atomic E-state index is -1.10. The first kappa shape index (κ1) is 17.2. The van der Waals surface area contributed by atoms with E-state index in [1.807, 2.05) is 30.3 Å². The fraction of sp³-hybridized carbons (Fsp3) is 0.533. The first-order valence-electron chi connectivity index (χ1n) is 7.33. The molecule has 8 heteroatoms. The number of hydrogen-bond acceptors (Lipinski definition) is 5. The Hall–Kier alpha value is -2.12. The Morgan fingerprint density at radius 1 is 1.48 bits per heavy atom. The summed E-state index contributed by atoms with van der Waals surface area (Å²) in [7, 11) is 0. The molecule has 0 saturated carbocycles. The second-order valence-electron chi connectivity index (χ2n) is 5.42. The molecule has 1 heterocycles. The van der Waals surface area contributed by atoms with Crippen LogP contribution in [0.4, 0.5) is 0 Å². The zero-order valence-corrected chi connectivity index (χ0v) is 13.0. The van der Waals surface area contributed by atoms with Crippen molar-refractivity contribution in [1.82, 2.24) is 5.32 Å². The zero-order valence-electron chi connectivity index (χ0n) is 13.0. The first-order chi connectivity index (χ1) is 11.0. The van der Waals surface area contributed by atoms with Gasteiger partial charge in [0.25, 0.3) is 0 Å². The molecular formula is C15H20N4O4. The highest BCUT2D eigenvalue weighted by molar-refractivity contribution is 5.73. The molecule has 1 aromatic rings. The number of hydrogen-bond donors (Lipinski definition) is 2. The van der Waals surface area contributed by atoms with Crippen molar-refractivity contribution in [2.75, 3.05) is 0 Å². The summed E-state index contributed by atoms with van der Waals surface area (Å²) in [5, 5.41) is 16.6. The number of carbonyl (C=O) groups excluding carboxylic acids is 1. The minimum absolute atomic E-state index is 0.271. The van der Waals surface area contributed by atoms with Gasteiger partial charge in [-0.1, -0.05) is 35.4 Å². The van der Waals surface area contributed by atoms with Gasteiger partial charge in [0.05, 0.1) is 24.9 Å². The number of amides is 1. The number of azide groups is 1. The molecule has 5 atom stereocenters. The van der Waals surface area contributed by atoms with E-state index in [1.54, 1.807) is 6.92 Å². The molecule has 124 valence electrons. The van der Waals surface area contributed by atoms with Gasteiger partial charge in [0.2, 0.25) is 5.91 Å². The number of carbonyl (C=O) groups is 1. The van der Waals surface area contributed by atoms with Gasteiger partial charge in [-0.15, -0.1) is 0 Å². The number of ether oxygens (including phenoxy) is 2. The van der Waals surface area contributed by atoms with Crippen LogP contribution in [0.15, 0.2) is 35.4 Å². The van der Waals surface area contributed by atoms with Crippen molar-refractivity contribution in [2.45, 2.75) is 51.0 Å². The Morgan fingerprint density at radius 3 is 2.78 bits per heavy atom. The highest BCUT2D eigenvalue weighted by Gasteiger charge is 2.44. The van der Waals surface area contributed by atoms with Crippen LogP contribution in [0.3, 0.4) is 0 Å². The minimum Gasteiger partial charge on any atom is -0.390 e. The molecule has 1 fully saturated rings. The lowest BCUT2D eigenvalue weighted by Gasteiger charge is -2.42. The molecule has 1 aliphatic rings. The van der Waals surface area contributed by atoms with Gasteiger partial charge in [-0.05, 0) is 18.0 Å². The molecule has 23 heavy (non-hydrogen) atoms. The topological polar surface area (TPSA) is 117 Å². The third kappa shape index (κ3) is 4.43. The van der Waals surface area contributed by atoms with Crippen molar-refractivity contribution in [1.29, 1.82) is 0 Å². The summed E-state index contributed by atoms with van der Waals surface area (Å²) in [5.41, 5.74) is 9.55. The molecule has 2 rings (SSSR count). The number of rotatable bonds is 5. The molecule has 1 amide bonds. The lowest BCUT2D eigenvalue weighted by Crippen LogP contribution is -2.62. The second-order valence-corrected chi connectivity index (χ2v) is 5.42. The van der Waals surface area contributed by atoms with Crippen molar-refractivity contribution in [3.63, 3.8) is 0 Å². The Bertz CT molecular complexity index is 576. The van der Waals surface area contributed by atoms with Crippen molar-refractivity contribution in [3.05, 3.63) is 46.3 Å². The predicted octanol–water partition coefficient (Wildman–Crippen LogP) is 1.49. The van der Waals surface area contributed by atoms with Crippen LogP contribution >= 0.6 is 0 Å². The maximum Gasteiger partial charge on any atom is 0.217 e. The quantitative estimate of drug-likeness (QED) is 0.485. The van der Waals surface area contributed by atoms with Gasteiger partial charge >= 0.3 is 0 Å². The van der Waals surface area contributed by atoms with Crippen molar-refractivity contribution < 1.29 is 19.4 Å². The van der Waals surface area contributed by atoms with Gasteiger partial charge in [-0.3, -0.25) is 4.79 Å². The molecule has 0 aromatic heterocycles. The SMILES string of the molecule is CC(=O)N[C@H]1[C@H](OCc2ccccc2)O[C@@H](C)[C@H](N=[N+]=[N-])[C@H]1O. The molecule has 0 spiro atoms. The van der Waals surface area contributed by atoms with Gasteiger partial charge in [-0.25, -0.2) is 0 Å². The van der Waals surface area contributed by atoms with Crippen molar-refractivity contribution in [3.8, 4) is 0 Å². The van der Waals surface area contributed by atoms with Crippen LogP contribution in [-0.2, 0) is 20.9 Å². The molecule has 1 aromatic carbocycles. The second kappa shape index (κ2) is 7.94. The van der Waals surface area contributed by atoms with E-state index >= 15 is 0 Å². The van der Waals surface area contributed by atoms with E-state index in [1.165, 1.54) is 6.92 Å². The number of nitrogens with zero attached hydrogens (tertiary/aromatic N) is 3. The Balaban J connectivity index is 2.11. The number of benzene rings is 1. The van der Waals surface area contributed by atoms with Crippen LogP contribution < -0.4 is 5.32 Å². The van der Waals surface area contributed by atoms with E-state index < -0.39 is 30.6 Å². The van der Waals surface area contributed by atoms with Crippen molar-refractivity contribution in [2.24, 2.45) is 5.11 Å². The highest BCUT2D eigenvalue weighted by atomic mass is 16.7. The normalized spacial score (nSPS) is 30.3. The Kier molecular flexibility index (Phi) is 5.95. The maximum absolute atomic E-state index is 11.4. The lowest BCUT2D eigenvalue weighted by molar-refractivity contribution is -0.237. The van der Waals surface area contributed by atoms with E-state index in [-0.39, 0.29) is 12.5 Å². The van der Waals surface area contributed by atoms with E-state index in [0.717, 1.165) is 5.56 Å². The third-order valence-electron chi connectivity index (χ3n) is 3.65. The van der Waals surface area contributed by atoms with Gasteiger partial charge in [0.1, 0.15) is 6.04 Å². The summed E-state index contributed by atoms with van der Waals surface area (Å²) in [4.78, 5) is 14.1. The largest absolute Gasteiger partial charge is 0.390 e. The van der Waals surface area contributed by atoms with Crippen LogP contribution in [0, 0.1) is 0 Å². The molecule has 0 unspecified atom stereocenters. The standard InChI is InChI=1S/C15H20N4O4/c1-9-12(18-19-16)14(21)13(17-10(2)20)15(23-9)22-8-11-6-4-3-5-7-11/h3-7,9,12-15,21H,8H2,1-2H3,(H,17,20)/t9-,12-,13+,14+,15+/m0/s1. The molecule has 8 nitrogen and oxygen atoms in total. The summed E-state index contributed by atoms with van der Waals surface area (Å²) in [5.74, 6) is -0.333. The van der Waals surface area contributed by atoms with Crippen LogP contribution in [-0.4, -0.2) is 41.6 Å². The zero-order chi connectivity index (χ0) is 16.8. The summed E-state index contributed by atoms with van der Waals surface area (Å²) in [6.45, 7) is 3.29. The first-order valence-corrected chi connectivity index (χ1v) is 7.33. The van der Waals surface area contributed by atoms with Gasteiger partial charge in [0, 0.05) is 11.8 Å². The molecule has 0 aliphatic carbocycles. The van der Waals surface area contributed by atoms with Crippen LogP contribution in [0.25, 0.3) is 10.4 Å². The maximum atomic E-state index is 11.4. The summed E-state index contributed by atoms with van der Waals surface area (Å²) in [6, 6.07) is 7.87. The van der Waals surface area contributed by atoms with E-state index in [2.05, 4.69) is 15.3 Å². The molecular weight excluding hydrogens is 300 g/mol. The Morgan fingerprint density at radius 2 is 2.17 bits per heavy atom. The Labute approximate surface area is 134 Å². The summed E-state index contributed by atoms with van der Waals surface area (Å²) >= 11 is 0. The van der Waals surface area contributed by atoms with Crippen LogP contribution in [0.1, 0.15) is 19.4 Å². The van der Waals surface area contributed by atoms with Gasteiger partial charge < -0.3 is 19.9 Å². The highest BCUT2D eigenvalue weighted by Crippen LogP contribution is 2.25. The van der Waals surface area contributed by atoms with Crippen LogP contribution in [0.2, 0.25) is 0 Å². The molecule has 0 bridgehead atoms. The van der Waals surface area contributed by atoms with E-state index in [9.17, 15) is 9.90 Å². The molecule has 1 aliphatic heterocycles. The smallest absolute Gasteiger partial charge is 0.217 e. The van der Waals surface area contributed by atoms with Gasteiger partial charge in [0.15, 0.2) is 6.29 Å². The average Bonchev–Trinajstić information content (AvgIpc) is 2.53. The van der Waals surface area contributed by atoms with Gasteiger partial charge in [-0.2, -0.15) is 0 Å². The average molecular weight is 320 g/mol. The fourth-order valence-corrected chi connectivity index (χ4v) is 2.53. The fourth-order valence-electron chi connectivity index (χ4n) is 2.53. The van der Waals surface area contributed by atoms with Crippen molar-refractivity contribution >= 4 is 5.91 Å². The lowest BCUT2D eigenvalue weighted by atomic mass is 9.95.